The summed E-state index contributed by atoms with van der Waals surface area (Å²) in [5, 5.41) is 3.15. The van der Waals surface area contributed by atoms with Crippen molar-refractivity contribution in [1.82, 2.24) is 10.2 Å². The van der Waals surface area contributed by atoms with E-state index in [9.17, 15) is 18.0 Å². The van der Waals surface area contributed by atoms with Crippen LogP contribution in [0, 0.1) is 3.57 Å². The number of hydrogen-bond acceptors (Lipinski definition) is 3. The van der Waals surface area contributed by atoms with Crippen LogP contribution in [0.25, 0.3) is 0 Å². The lowest BCUT2D eigenvalue weighted by Gasteiger charge is -2.27. The largest absolute Gasteiger partial charge is 0.483 e. The maximum Gasteiger partial charge on any atom is 0.422 e. The minimum Gasteiger partial charge on any atom is -0.483 e. The van der Waals surface area contributed by atoms with Crippen molar-refractivity contribution >= 4 is 28.5 Å². The molecule has 1 heterocycles. The van der Waals surface area contributed by atoms with Gasteiger partial charge in [0.25, 0.3) is 5.91 Å². The van der Waals surface area contributed by atoms with Crippen molar-refractivity contribution in [1.29, 1.82) is 0 Å². The molecule has 1 aliphatic heterocycles. The predicted octanol–water partition coefficient (Wildman–Crippen LogP) is 2.28. The van der Waals surface area contributed by atoms with Gasteiger partial charge in [0.05, 0.1) is 3.57 Å². The Balaban J connectivity index is 2.05. The predicted molar refractivity (Wildman–Crippen MR) is 79.5 cm³/mol. The van der Waals surface area contributed by atoms with Crippen LogP contribution in [-0.4, -0.2) is 49.8 Å². The van der Waals surface area contributed by atoms with Crippen LogP contribution in [0.15, 0.2) is 18.2 Å². The molecule has 116 valence electrons. The van der Waals surface area contributed by atoms with Crippen molar-refractivity contribution in [3.8, 4) is 5.75 Å². The Morgan fingerprint density at radius 1 is 1.33 bits per heavy atom. The molecule has 0 spiro atoms. The number of nitrogens with one attached hydrogen (secondary N) is 1. The van der Waals surface area contributed by atoms with E-state index in [4.69, 9.17) is 4.74 Å². The fourth-order valence-corrected chi connectivity index (χ4v) is 2.63. The van der Waals surface area contributed by atoms with Crippen molar-refractivity contribution in [3.63, 3.8) is 0 Å². The van der Waals surface area contributed by atoms with Gasteiger partial charge in [0.2, 0.25) is 0 Å². The van der Waals surface area contributed by atoms with Gasteiger partial charge in [-0.15, -0.1) is 0 Å². The van der Waals surface area contributed by atoms with E-state index < -0.39 is 12.8 Å². The van der Waals surface area contributed by atoms with Gasteiger partial charge in [-0.1, -0.05) is 0 Å². The fourth-order valence-electron chi connectivity index (χ4n) is 1.96. The van der Waals surface area contributed by atoms with E-state index in [1.165, 1.54) is 12.1 Å². The standard InChI is InChI=1S/C13H14F3IN2O2/c14-13(15,16)8-21-11-2-1-9(7-10(11)17)12(20)19-5-3-18-4-6-19/h1-2,7,18H,3-6,8H2. The Labute approximate surface area is 133 Å². The third-order valence-electron chi connectivity index (χ3n) is 2.97. The quantitative estimate of drug-likeness (QED) is 0.773. The molecule has 0 bridgehead atoms. The van der Waals surface area contributed by atoms with Gasteiger partial charge in [-0.25, -0.2) is 0 Å². The molecule has 2 rings (SSSR count). The summed E-state index contributed by atoms with van der Waals surface area (Å²) in [5.74, 6) is 0.0153. The highest BCUT2D eigenvalue weighted by molar-refractivity contribution is 14.1. The number of hydrogen-bond donors (Lipinski definition) is 1. The highest BCUT2D eigenvalue weighted by Crippen LogP contribution is 2.25. The van der Waals surface area contributed by atoms with Crippen LogP contribution in [0.4, 0.5) is 13.2 Å². The number of ether oxygens (including phenoxy) is 1. The third kappa shape index (κ3) is 4.73. The zero-order valence-electron chi connectivity index (χ0n) is 11.0. The molecule has 1 amide bonds. The van der Waals surface area contributed by atoms with E-state index in [0.29, 0.717) is 22.2 Å². The summed E-state index contributed by atoms with van der Waals surface area (Å²) < 4.78 is 41.6. The molecule has 0 saturated carbocycles. The van der Waals surface area contributed by atoms with Gasteiger partial charge in [0.15, 0.2) is 6.61 Å². The molecule has 1 aromatic carbocycles. The molecule has 1 fully saturated rings. The van der Waals surface area contributed by atoms with E-state index in [2.05, 4.69) is 5.32 Å². The lowest BCUT2D eigenvalue weighted by Crippen LogP contribution is -2.46. The first-order valence-electron chi connectivity index (χ1n) is 6.36. The molecule has 0 atom stereocenters. The van der Waals surface area contributed by atoms with Crippen LogP contribution >= 0.6 is 22.6 Å². The smallest absolute Gasteiger partial charge is 0.422 e. The monoisotopic (exact) mass is 414 g/mol. The Morgan fingerprint density at radius 3 is 2.57 bits per heavy atom. The second-order valence-electron chi connectivity index (χ2n) is 4.59. The van der Waals surface area contributed by atoms with Crippen molar-refractivity contribution in [3.05, 3.63) is 27.3 Å². The highest BCUT2D eigenvalue weighted by Gasteiger charge is 2.29. The summed E-state index contributed by atoms with van der Waals surface area (Å²) >= 11 is 1.87. The topological polar surface area (TPSA) is 41.6 Å². The molecule has 0 unspecified atom stereocenters. The van der Waals surface area contributed by atoms with Crippen LogP contribution in [0.1, 0.15) is 10.4 Å². The number of rotatable bonds is 3. The van der Waals surface area contributed by atoms with E-state index in [-0.39, 0.29) is 11.7 Å². The van der Waals surface area contributed by atoms with Crippen molar-refractivity contribution in [2.75, 3.05) is 32.8 Å². The minimum absolute atomic E-state index is 0.114. The zero-order chi connectivity index (χ0) is 15.5. The number of piperazine rings is 1. The lowest BCUT2D eigenvalue weighted by molar-refractivity contribution is -0.153. The molecular weight excluding hydrogens is 400 g/mol. The second kappa shape index (κ2) is 6.82. The van der Waals surface area contributed by atoms with Crippen LogP contribution in [0.5, 0.6) is 5.75 Å². The number of halogens is 4. The minimum atomic E-state index is -4.38. The maximum absolute atomic E-state index is 12.3. The summed E-state index contributed by atoms with van der Waals surface area (Å²) in [6.07, 6.45) is -4.38. The molecule has 4 nitrogen and oxygen atoms in total. The van der Waals surface area contributed by atoms with Crippen LogP contribution in [0.2, 0.25) is 0 Å². The normalized spacial score (nSPS) is 15.9. The molecule has 1 aliphatic rings. The number of amides is 1. The molecule has 0 aromatic heterocycles. The molecule has 0 aliphatic carbocycles. The summed E-state index contributed by atoms with van der Waals surface area (Å²) in [6.45, 7) is 1.41. The fraction of sp³-hybridized carbons (Fsp3) is 0.462. The first-order valence-corrected chi connectivity index (χ1v) is 7.44. The van der Waals surface area contributed by atoms with E-state index in [1.54, 1.807) is 11.0 Å². The van der Waals surface area contributed by atoms with Gasteiger partial charge >= 0.3 is 6.18 Å². The molecule has 8 heteroatoms. The van der Waals surface area contributed by atoms with Gasteiger partial charge in [0.1, 0.15) is 5.75 Å². The van der Waals surface area contributed by atoms with Crippen molar-refractivity contribution in [2.45, 2.75) is 6.18 Å². The molecule has 0 radical (unpaired) electrons. The Morgan fingerprint density at radius 2 is 2.00 bits per heavy atom. The van der Waals surface area contributed by atoms with Gasteiger partial charge < -0.3 is 15.0 Å². The average molecular weight is 414 g/mol. The van der Waals surface area contributed by atoms with Gasteiger partial charge in [0, 0.05) is 31.7 Å². The van der Waals surface area contributed by atoms with Crippen LogP contribution in [-0.2, 0) is 0 Å². The zero-order valence-corrected chi connectivity index (χ0v) is 13.2. The molecule has 1 aromatic rings. The number of carbonyl (C=O) groups is 1. The summed E-state index contributed by atoms with van der Waals surface area (Å²) in [4.78, 5) is 14.0. The van der Waals surface area contributed by atoms with E-state index in [0.717, 1.165) is 13.1 Å². The molecule has 1 saturated heterocycles. The van der Waals surface area contributed by atoms with Gasteiger partial charge in [-0.05, 0) is 40.8 Å². The van der Waals surface area contributed by atoms with E-state index in [1.807, 2.05) is 22.6 Å². The summed E-state index contributed by atoms with van der Waals surface area (Å²) in [7, 11) is 0. The average Bonchev–Trinajstić information content (AvgIpc) is 2.45. The van der Waals surface area contributed by atoms with Gasteiger partial charge in [-0.3, -0.25) is 4.79 Å². The SMILES string of the molecule is O=C(c1ccc(OCC(F)(F)F)c(I)c1)N1CCNCC1. The number of benzene rings is 1. The van der Waals surface area contributed by atoms with Crippen LogP contribution in [0.3, 0.4) is 0 Å². The number of nitrogens with zero attached hydrogens (tertiary/aromatic N) is 1. The molecular formula is C13H14F3IN2O2. The van der Waals surface area contributed by atoms with Crippen LogP contribution < -0.4 is 10.1 Å². The summed E-state index contributed by atoms with van der Waals surface area (Å²) in [5.41, 5.74) is 0.459. The number of carbonyl (C=O) groups excluding carboxylic acids is 1. The van der Waals surface area contributed by atoms with Crippen molar-refractivity contribution in [2.24, 2.45) is 0 Å². The highest BCUT2D eigenvalue weighted by atomic mass is 127. The Hall–Kier alpha value is -1.03. The van der Waals surface area contributed by atoms with Gasteiger partial charge in [-0.2, -0.15) is 13.2 Å². The molecule has 21 heavy (non-hydrogen) atoms. The number of alkyl halides is 3. The third-order valence-corrected chi connectivity index (χ3v) is 3.82. The lowest BCUT2D eigenvalue weighted by atomic mass is 10.2. The molecule has 1 N–H and O–H groups in total. The maximum atomic E-state index is 12.3. The summed E-state index contributed by atoms with van der Waals surface area (Å²) in [6, 6.07) is 4.46. The Kier molecular flexibility index (Phi) is 5.31. The van der Waals surface area contributed by atoms with Crippen molar-refractivity contribution < 1.29 is 22.7 Å². The first-order chi connectivity index (χ1) is 9.87. The second-order valence-corrected chi connectivity index (χ2v) is 5.75. The van der Waals surface area contributed by atoms with E-state index >= 15 is 0 Å². The Bertz CT molecular complexity index is 517. The first kappa shape index (κ1) is 16.3.